The number of carbonyl (C=O) groups is 3. The highest BCUT2D eigenvalue weighted by molar-refractivity contribution is 5.71. The van der Waals surface area contributed by atoms with Gasteiger partial charge in [0.1, 0.15) is 13.2 Å². The van der Waals surface area contributed by atoms with Crippen LogP contribution < -0.4 is 0 Å². The number of hydrogen-bond donors (Lipinski definition) is 0. The molecule has 0 amide bonds. The third kappa shape index (κ3) is 54.2. The molecule has 0 fully saturated rings. The summed E-state index contributed by atoms with van der Waals surface area (Å²) in [6, 6.07) is 0. The van der Waals surface area contributed by atoms with Gasteiger partial charge in [-0.2, -0.15) is 0 Å². The van der Waals surface area contributed by atoms with Gasteiger partial charge in [0.05, 0.1) is 0 Å². The smallest absolute Gasteiger partial charge is 0.306 e. The van der Waals surface area contributed by atoms with Crippen LogP contribution in [0.4, 0.5) is 0 Å². The molecule has 0 radical (unpaired) electrons. The Bertz CT molecular complexity index is 1170. The molecule has 0 aromatic heterocycles. The SMILES string of the molecule is CCCCCCC/C=C\C/C=C\C/C=C\CCCCCCCCCCCCC(=O)OCC(COC(=O)CCCCCCCCCCC)OC(=O)CCCCCCC/C=C\CCCCCCCC. The summed E-state index contributed by atoms with van der Waals surface area (Å²) in [6.07, 6.45) is 68.3. The molecule has 0 spiro atoms. The van der Waals surface area contributed by atoms with E-state index in [2.05, 4.69) is 69.4 Å². The maximum atomic E-state index is 12.8. The molecule has 6 heteroatoms. The molecular weight excluding hydrogens is 829 g/mol. The minimum atomic E-state index is -0.775. The van der Waals surface area contributed by atoms with Crippen molar-refractivity contribution >= 4 is 17.9 Å². The average molecular weight is 940 g/mol. The molecule has 0 aromatic rings. The lowest BCUT2D eigenvalue weighted by molar-refractivity contribution is -0.167. The van der Waals surface area contributed by atoms with E-state index in [1.54, 1.807) is 0 Å². The standard InChI is InChI=1S/C61H110O6/c1-4-7-10-13-16-19-21-23-25-26-27-28-29-30-31-32-33-34-36-37-39-42-45-48-51-54-60(63)66-57-58(56-65-59(62)53-50-47-44-41-18-15-12-9-6-3)67-61(64)55-52-49-46-43-40-38-35-24-22-20-17-14-11-8-5-2/h21,23-24,26-27,29-30,35,58H,4-20,22,25,28,31-34,36-57H2,1-3H3/b23-21-,27-26-,30-29-,35-24-. The van der Waals surface area contributed by atoms with E-state index in [9.17, 15) is 14.4 Å². The zero-order chi connectivity index (χ0) is 48.6. The molecule has 0 bridgehead atoms. The third-order valence-electron chi connectivity index (χ3n) is 12.8. The predicted octanol–water partition coefficient (Wildman–Crippen LogP) is 19.4. The van der Waals surface area contributed by atoms with Gasteiger partial charge in [0.25, 0.3) is 0 Å². The van der Waals surface area contributed by atoms with Crippen LogP contribution in [-0.4, -0.2) is 37.2 Å². The number of hydrogen-bond acceptors (Lipinski definition) is 6. The summed E-state index contributed by atoms with van der Waals surface area (Å²) in [4.78, 5) is 38.0. The van der Waals surface area contributed by atoms with Crippen LogP contribution in [-0.2, 0) is 28.6 Å². The molecule has 0 aromatic carbocycles. The van der Waals surface area contributed by atoms with Crippen LogP contribution in [0, 0.1) is 0 Å². The highest BCUT2D eigenvalue weighted by Crippen LogP contribution is 2.16. The van der Waals surface area contributed by atoms with Crippen LogP contribution in [0.15, 0.2) is 48.6 Å². The molecule has 0 aliphatic heterocycles. The summed E-state index contributed by atoms with van der Waals surface area (Å²) in [5.74, 6) is -0.878. The first-order valence-corrected chi connectivity index (χ1v) is 29.1. The van der Waals surface area contributed by atoms with E-state index in [-0.39, 0.29) is 31.1 Å². The van der Waals surface area contributed by atoms with E-state index < -0.39 is 6.10 Å². The van der Waals surface area contributed by atoms with E-state index >= 15 is 0 Å². The number of unbranched alkanes of at least 4 members (excludes halogenated alkanes) is 34. The normalized spacial score (nSPS) is 12.3. The molecule has 0 aliphatic carbocycles. The quantitative estimate of drug-likeness (QED) is 0.0262. The van der Waals surface area contributed by atoms with Crippen LogP contribution in [0.25, 0.3) is 0 Å². The summed E-state index contributed by atoms with van der Waals surface area (Å²) in [5.41, 5.74) is 0. The molecule has 1 unspecified atom stereocenters. The van der Waals surface area contributed by atoms with Gasteiger partial charge in [0.2, 0.25) is 0 Å². The average Bonchev–Trinajstić information content (AvgIpc) is 3.33. The van der Waals surface area contributed by atoms with Crippen molar-refractivity contribution in [2.45, 2.75) is 309 Å². The Morgan fingerprint density at radius 1 is 0.299 bits per heavy atom. The largest absolute Gasteiger partial charge is 0.462 e. The zero-order valence-corrected chi connectivity index (χ0v) is 44.7. The minimum Gasteiger partial charge on any atom is -0.462 e. The zero-order valence-electron chi connectivity index (χ0n) is 44.7. The first-order valence-electron chi connectivity index (χ1n) is 29.1. The maximum absolute atomic E-state index is 12.8. The van der Waals surface area contributed by atoms with Gasteiger partial charge in [0, 0.05) is 19.3 Å². The van der Waals surface area contributed by atoms with E-state index in [1.165, 1.54) is 186 Å². The topological polar surface area (TPSA) is 78.9 Å². The van der Waals surface area contributed by atoms with Gasteiger partial charge in [-0.25, -0.2) is 0 Å². The van der Waals surface area contributed by atoms with Crippen molar-refractivity contribution in [3.8, 4) is 0 Å². The maximum Gasteiger partial charge on any atom is 0.306 e. The van der Waals surface area contributed by atoms with Crippen molar-refractivity contribution in [3.05, 3.63) is 48.6 Å². The molecule has 0 heterocycles. The second-order valence-corrected chi connectivity index (χ2v) is 19.6. The summed E-state index contributed by atoms with van der Waals surface area (Å²) in [7, 11) is 0. The van der Waals surface area contributed by atoms with E-state index in [4.69, 9.17) is 14.2 Å². The lowest BCUT2D eigenvalue weighted by Crippen LogP contribution is -2.30. The van der Waals surface area contributed by atoms with Gasteiger partial charge in [-0.05, 0) is 83.5 Å². The first-order chi connectivity index (χ1) is 33.0. The molecule has 0 rings (SSSR count). The molecule has 390 valence electrons. The summed E-state index contributed by atoms with van der Waals surface area (Å²) in [5, 5.41) is 0. The molecular formula is C61H110O6. The van der Waals surface area contributed by atoms with Crippen LogP contribution in [0.2, 0.25) is 0 Å². The Labute approximate surface area is 416 Å². The third-order valence-corrected chi connectivity index (χ3v) is 12.8. The van der Waals surface area contributed by atoms with Crippen molar-refractivity contribution in [2.75, 3.05) is 13.2 Å². The predicted molar refractivity (Wildman–Crippen MR) is 289 cm³/mol. The van der Waals surface area contributed by atoms with Gasteiger partial charge in [-0.3, -0.25) is 14.4 Å². The molecule has 67 heavy (non-hydrogen) atoms. The highest BCUT2D eigenvalue weighted by Gasteiger charge is 2.19. The summed E-state index contributed by atoms with van der Waals surface area (Å²) in [6.45, 7) is 6.62. The molecule has 0 aliphatic rings. The fourth-order valence-electron chi connectivity index (χ4n) is 8.39. The Balaban J connectivity index is 4.21. The summed E-state index contributed by atoms with van der Waals surface area (Å²) >= 11 is 0. The lowest BCUT2D eigenvalue weighted by Gasteiger charge is -2.18. The fraction of sp³-hybridized carbons (Fsp3) is 0.820. The van der Waals surface area contributed by atoms with Gasteiger partial charge in [0.15, 0.2) is 6.10 Å². The molecule has 0 N–H and O–H groups in total. The van der Waals surface area contributed by atoms with Crippen molar-refractivity contribution in [2.24, 2.45) is 0 Å². The van der Waals surface area contributed by atoms with Crippen molar-refractivity contribution < 1.29 is 28.6 Å². The minimum absolute atomic E-state index is 0.0751. The van der Waals surface area contributed by atoms with Crippen LogP contribution in [0.3, 0.4) is 0 Å². The fourth-order valence-corrected chi connectivity index (χ4v) is 8.39. The van der Waals surface area contributed by atoms with Crippen molar-refractivity contribution in [1.29, 1.82) is 0 Å². The summed E-state index contributed by atoms with van der Waals surface area (Å²) < 4.78 is 16.8. The highest BCUT2D eigenvalue weighted by atomic mass is 16.6. The second-order valence-electron chi connectivity index (χ2n) is 19.6. The lowest BCUT2D eigenvalue weighted by atomic mass is 10.1. The van der Waals surface area contributed by atoms with Crippen molar-refractivity contribution in [3.63, 3.8) is 0 Å². The van der Waals surface area contributed by atoms with Gasteiger partial charge >= 0.3 is 17.9 Å². The van der Waals surface area contributed by atoms with Crippen LogP contribution in [0.1, 0.15) is 303 Å². The molecule has 1 atom stereocenters. The van der Waals surface area contributed by atoms with Crippen LogP contribution in [0.5, 0.6) is 0 Å². The number of ether oxygens (including phenoxy) is 3. The number of allylic oxidation sites excluding steroid dienone is 8. The van der Waals surface area contributed by atoms with E-state index in [0.717, 1.165) is 77.0 Å². The van der Waals surface area contributed by atoms with Gasteiger partial charge in [-0.1, -0.05) is 249 Å². The Kier molecular flexibility index (Phi) is 53.8. The van der Waals surface area contributed by atoms with Crippen LogP contribution >= 0.6 is 0 Å². The molecule has 0 saturated heterocycles. The monoisotopic (exact) mass is 939 g/mol. The number of rotatable bonds is 53. The second kappa shape index (κ2) is 56.0. The Morgan fingerprint density at radius 2 is 0.537 bits per heavy atom. The Hall–Kier alpha value is -2.63. The number of esters is 3. The van der Waals surface area contributed by atoms with Crippen molar-refractivity contribution in [1.82, 2.24) is 0 Å². The van der Waals surface area contributed by atoms with Gasteiger partial charge < -0.3 is 14.2 Å². The van der Waals surface area contributed by atoms with Gasteiger partial charge in [-0.15, -0.1) is 0 Å². The number of carbonyl (C=O) groups excluding carboxylic acids is 3. The van der Waals surface area contributed by atoms with E-state index in [0.29, 0.717) is 19.3 Å². The van der Waals surface area contributed by atoms with E-state index in [1.807, 2.05) is 0 Å². The first kappa shape index (κ1) is 64.4. The molecule has 0 saturated carbocycles. The Morgan fingerprint density at radius 3 is 0.851 bits per heavy atom. The molecule has 6 nitrogen and oxygen atoms in total.